The van der Waals surface area contributed by atoms with Gasteiger partial charge in [0.1, 0.15) is 9.84 Å². The lowest BCUT2D eigenvalue weighted by Gasteiger charge is -2.19. The molecule has 0 spiro atoms. The van der Waals surface area contributed by atoms with Crippen LogP contribution in [0.3, 0.4) is 0 Å². The summed E-state index contributed by atoms with van der Waals surface area (Å²) in [5.74, 6) is 0.935. The van der Waals surface area contributed by atoms with E-state index in [2.05, 4.69) is 4.98 Å². The van der Waals surface area contributed by atoms with Gasteiger partial charge in [0.05, 0.1) is 22.2 Å². The molecule has 17 heavy (non-hydrogen) atoms. The van der Waals surface area contributed by atoms with Crippen LogP contribution in [0.25, 0.3) is 0 Å². The van der Waals surface area contributed by atoms with E-state index in [0.717, 1.165) is 17.1 Å². The quantitative estimate of drug-likeness (QED) is 0.902. The zero-order valence-corrected chi connectivity index (χ0v) is 11.6. The molecule has 1 fully saturated rings. The molecule has 2 N–H and O–H groups in total. The van der Waals surface area contributed by atoms with E-state index >= 15 is 0 Å². The van der Waals surface area contributed by atoms with Gasteiger partial charge in [-0.05, 0) is 19.8 Å². The highest BCUT2D eigenvalue weighted by atomic mass is 32.2. The number of hydrogen-bond acceptors (Lipinski definition) is 5. The van der Waals surface area contributed by atoms with Gasteiger partial charge in [-0.3, -0.25) is 0 Å². The molecule has 1 atom stereocenters. The van der Waals surface area contributed by atoms with Crippen molar-refractivity contribution < 1.29 is 8.42 Å². The number of nitrogens with zero attached hydrogens (tertiary/aromatic N) is 1. The number of sulfone groups is 1. The number of thiazole rings is 1. The van der Waals surface area contributed by atoms with Gasteiger partial charge >= 0.3 is 0 Å². The van der Waals surface area contributed by atoms with E-state index < -0.39 is 9.84 Å². The summed E-state index contributed by atoms with van der Waals surface area (Å²) < 4.78 is 22.7. The molecule has 96 valence electrons. The van der Waals surface area contributed by atoms with Gasteiger partial charge in [-0.1, -0.05) is 0 Å². The number of hydrogen-bond donors (Lipinski definition) is 1. The Morgan fingerprint density at radius 3 is 2.76 bits per heavy atom. The predicted octanol–water partition coefficient (Wildman–Crippen LogP) is 1.33. The Morgan fingerprint density at radius 2 is 2.18 bits per heavy atom. The monoisotopic (exact) mass is 274 g/mol. The van der Waals surface area contributed by atoms with Crippen LogP contribution in [0.5, 0.6) is 0 Å². The van der Waals surface area contributed by atoms with Crippen molar-refractivity contribution in [3.05, 3.63) is 16.1 Å². The lowest BCUT2D eigenvalue weighted by Crippen LogP contribution is -2.22. The van der Waals surface area contributed by atoms with Crippen molar-refractivity contribution in [1.29, 1.82) is 0 Å². The van der Waals surface area contributed by atoms with E-state index in [9.17, 15) is 8.42 Å². The molecule has 2 heterocycles. The summed E-state index contributed by atoms with van der Waals surface area (Å²) in [4.78, 5) is 4.57. The van der Waals surface area contributed by atoms with Gasteiger partial charge in [0.15, 0.2) is 0 Å². The van der Waals surface area contributed by atoms with Crippen molar-refractivity contribution in [3.63, 3.8) is 0 Å². The van der Waals surface area contributed by atoms with Crippen LogP contribution in [0.2, 0.25) is 0 Å². The first-order valence-corrected chi connectivity index (χ1v) is 8.57. The topological polar surface area (TPSA) is 73.1 Å². The first-order chi connectivity index (χ1) is 7.96. The first-order valence-electron chi connectivity index (χ1n) is 5.86. The summed E-state index contributed by atoms with van der Waals surface area (Å²) in [5.41, 5.74) is 6.77. The highest BCUT2D eigenvalue weighted by molar-refractivity contribution is 7.91. The van der Waals surface area contributed by atoms with Crippen LogP contribution in [0.1, 0.15) is 36.4 Å². The third kappa shape index (κ3) is 3.50. The average Bonchev–Trinajstić information content (AvgIpc) is 2.65. The largest absolute Gasteiger partial charge is 0.328 e. The SMILES string of the molecule is CC(N)Cc1csc(C2CCS(=O)(=O)CC2)n1. The molecule has 0 aromatic carbocycles. The molecule has 1 aliphatic heterocycles. The van der Waals surface area contributed by atoms with Crippen molar-refractivity contribution in [3.8, 4) is 0 Å². The Morgan fingerprint density at radius 1 is 1.53 bits per heavy atom. The fourth-order valence-electron chi connectivity index (χ4n) is 2.07. The zero-order valence-electron chi connectivity index (χ0n) is 9.93. The molecule has 2 rings (SSSR count). The van der Waals surface area contributed by atoms with Crippen molar-refractivity contribution in [2.75, 3.05) is 11.5 Å². The molecule has 0 bridgehead atoms. The third-order valence-corrected chi connectivity index (χ3v) is 5.78. The van der Waals surface area contributed by atoms with E-state index in [0.29, 0.717) is 30.3 Å². The predicted molar refractivity (Wildman–Crippen MR) is 70.1 cm³/mol. The Hall–Kier alpha value is -0.460. The van der Waals surface area contributed by atoms with Crippen molar-refractivity contribution >= 4 is 21.2 Å². The maximum Gasteiger partial charge on any atom is 0.150 e. The second-order valence-electron chi connectivity index (χ2n) is 4.78. The Bertz CT molecular complexity index is 465. The van der Waals surface area contributed by atoms with Gasteiger partial charge in [0, 0.05) is 23.8 Å². The van der Waals surface area contributed by atoms with Crippen LogP contribution in [-0.4, -0.2) is 30.9 Å². The lowest BCUT2D eigenvalue weighted by atomic mass is 10.0. The van der Waals surface area contributed by atoms with Crippen molar-refractivity contribution in [1.82, 2.24) is 4.98 Å². The second-order valence-corrected chi connectivity index (χ2v) is 7.98. The van der Waals surface area contributed by atoms with E-state index in [1.165, 1.54) is 0 Å². The van der Waals surface area contributed by atoms with E-state index in [4.69, 9.17) is 5.73 Å². The molecule has 0 aliphatic carbocycles. The number of nitrogens with two attached hydrogens (primary N) is 1. The summed E-state index contributed by atoms with van der Waals surface area (Å²) in [6.45, 7) is 1.96. The lowest BCUT2D eigenvalue weighted by molar-refractivity contribution is 0.548. The molecule has 0 amide bonds. The van der Waals surface area contributed by atoms with Crippen molar-refractivity contribution in [2.24, 2.45) is 5.73 Å². The molecule has 1 aromatic heterocycles. The number of rotatable bonds is 3. The Kier molecular flexibility index (Phi) is 3.85. The fourth-order valence-corrected chi connectivity index (χ4v) is 4.57. The van der Waals surface area contributed by atoms with Gasteiger partial charge in [0.25, 0.3) is 0 Å². The minimum Gasteiger partial charge on any atom is -0.328 e. The summed E-state index contributed by atoms with van der Waals surface area (Å²) in [5, 5.41) is 3.12. The van der Waals surface area contributed by atoms with Gasteiger partial charge < -0.3 is 5.73 Å². The van der Waals surface area contributed by atoms with Crippen LogP contribution in [0.4, 0.5) is 0 Å². The highest BCUT2D eigenvalue weighted by Gasteiger charge is 2.26. The Balaban J connectivity index is 2.01. The molecule has 0 radical (unpaired) electrons. The molecule has 0 saturated carbocycles. The van der Waals surface area contributed by atoms with Gasteiger partial charge in [-0.2, -0.15) is 0 Å². The first kappa shape index (κ1) is 13.0. The van der Waals surface area contributed by atoms with E-state index in [-0.39, 0.29) is 6.04 Å². The standard InChI is InChI=1S/C11H18N2O2S2/c1-8(12)6-10-7-16-11(13-10)9-2-4-17(14,15)5-3-9/h7-9H,2-6,12H2,1H3. The fraction of sp³-hybridized carbons (Fsp3) is 0.727. The van der Waals surface area contributed by atoms with Gasteiger partial charge in [-0.25, -0.2) is 13.4 Å². The molecule has 1 unspecified atom stereocenters. The average molecular weight is 274 g/mol. The second kappa shape index (κ2) is 5.04. The van der Waals surface area contributed by atoms with Gasteiger partial charge in [0.2, 0.25) is 0 Å². The summed E-state index contributed by atoms with van der Waals surface area (Å²) in [6.07, 6.45) is 2.22. The summed E-state index contributed by atoms with van der Waals surface area (Å²) in [7, 11) is -2.78. The summed E-state index contributed by atoms with van der Waals surface area (Å²) >= 11 is 1.64. The van der Waals surface area contributed by atoms with Gasteiger partial charge in [-0.15, -0.1) is 11.3 Å². The maximum atomic E-state index is 11.3. The van der Waals surface area contributed by atoms with Crippen LogP contribution in [0, 0.1) is 0 Å². The van der Waals surface area contributed by atoms with Crippen LogP contribution >= 0.6 is 11.3 Å². The van der Waals surface area contributed by atoms with Crippen LogP contribution in [-0.2, 0) is 16.3 Å². The molecular weight excluding hydrogens is 256 g/mol. The molecule has 1 aliphatic rings. The van der Waals surface area contributed by atoms with E-state index in [1.807, 2.05) is 12.3 Å². The normalized spacial score (nSPS) is 22.5. The molecule has 1 saturated heterocycles. The highest BCUT2D eigenvalue weighted by Crippen LogP contribution is 2.31. The minimum absolute atomic E-state index is 0.122. The van der Waals surface area contributed by atoms with Crippen LogP contribution in [0.15, 0.2) is 5.38 Å². The smallest absolute Gasteiger partial charge is 0.150 e. The molecular formula is C11H18N2O2S2. The molecule has 4 nitrogen and oxygen atoms in total. The minimum atomic E-state index is -2.78. The Labute approximate surface area is 106 Å². The number of aromatic nitrogens is 1. The van der Waals surface area contributed by atoms with Crippen molar-refractivity contribution in [2.45, 2.75) is 38.1 Å². The zero-order chi connectivity index (χ0) is 12.5. The molecule has 6 heteroatoms. The third-order valence-electron chi connectivity index (χ3n) is 3.00. The molecule has 1 aromatic rings. The maximum absolute atomic E-state index is 11.3. The summed E-state index contributed by atoms with van der Waals surface area (Å²) in [6, 6.07) is 0.122. The van der Waals surface area contributed by atoms with Crippen LogP contribution < -0.4 is 5.73 Å². The van der Waals surface area contributed by atoms with E-state index in [1.54, 1.807) is 11.3 Å².